The van der Waals surface area contributed by atoms with Crippen molar-refractivity contribution < 1.29 is 8.78 Å². The summed E-state index contributed by atoms with van der Waals surface area (Å²) in [5, 5.41) is 3.40. The molecule has 0 heterocycles. The van der Waals surface area contributed by atoms with Gasteiger partial charge in [0.1, 0.15) is 11.6 Å². The zero-order valence-electron chi connectivity index (χ0n) is 10.5. The third kappa shape index (κ3) is 3.31. The highest BCUT2D eigenvalue weighted by Gasteiger charge is 2.08. The van der Waals surface area contributed by atoms with Gasteiger partial charge in [0.15, 0.2) is 0 Å². The van der Waals surface area contributed by atoms with Gasteiger partial charge >= 0.3 is 0 Å². The monoisotopic (exact) mass is 281 g/mol. The number of hydrogen-bond acceptors (Lipinski definition) is 1. The lowest BCUT2D eigenvalue weighted by Crippen LogP contribution is -2.12. The fraction of sp³-hybridized carbons (Fsp3) is 0.200. The van der Waals surface area contributed by atoms with Crippen LogP contribution in [-0.4, -0.2) is 6.54 Å². The molecular weight excluding hydrogens is 268 g/mol. The predicted octanol–water partition coefficient (Wildman–Crippen LogP) is 4.39. The van der Waals surface area contributed by atoms with Gasteiger partial charge in [-0.3, -0.25) is 0 Å². The highest BCUT2D eigenvalue weighted by Crippen LogP contribution is 2.29. The van der Waals surface area contributed by atoms with Gasteiger partial charge in [-0.05, 0) is 42.4 Å². The minimum Gasteiger partial charge on any atom is -0.313 e. The van der Waals surface area contributed by atoms with E-state index < -0.39 is 0 Å². The summed E-state index contributed by atoms with van der Waals surface area (Å²) in [5.74, 6) is -0.647. The summed E-state index contributed by atoms with van der Waals surface area (Å²) in [5.41, 5.74) is 2.04. The highest BCUT2D eigenvalue weighted by atomic mass is 35.5. The number of halogens is 3. The molecule has 0 saturated carbocycles. The Labute approximate surface area is 116 Å². The van der Waals surface area contributed by atoms with Crippen LogP contribution in [0.2, 0.25) is 5.02 Å². The minimum atomic E-state index is -0.385. The van der Waals surface area contributed by atoms with Crippen LogP contribution < -0.4 is 5.32 Å². The fourth-order valence-corrected chi connectivity index (χ4v) is 2.14. The highest BCUT2D eigenvalue weighted by molar-refractivity contribution is 6.33. The minimum absolute atomic E-state index is 0.261. The summed E-state index contributed by atoms with van der Waals surface area (Å²) in [6.45, 7) is 3.18. The molecule has 1 N–H and O–H groups in total. The molecule has 0 spiro atoms. The standard InChI is InChI=1S/C15H14ClF2N/c1-2-19-9-11-7-10(3-6-15(11)18)13-5-4-12(17)8-14(13)16/h3-8,19H,2,9H2,1H3. The van der Waals surface area contributed by atoms with E-state index in [4.69, 9.17) is 11.6 Å². The smallest absolute Gasteiger partial charge is 0.127 e. The first kappa shape index (κ1) is 14.0. The molecule has 1 nitrogen and oxygen atoms in total. The van der Waals surface area contributed by atoms with E-state index >= 15 is 0 Å². The lowest BCUT2D eigenvalue weighted by molar-refractivity contribution is 0.593. The Morgan fingerprint density at radius 3 is 2.58 bits per heavy atom. The van der Waals surface area contributed by atoms with Gasteiger partial charge in [-0.25, -0.2) is 8.78 Å². The average molecular weight is 282 g/mol. The molecule has 0 saturated heterocycles. The van der Waals surface area contributed by atoms with Gasteiger partial charge in [-0.1, -0.05) is 24.6 Å². The Bertz CT molecular complexity index is 584. The molecule has 0 bridgehead atoms. The molecule has 0 radical (unpaired) electrons. The molecule has 0 amide bonds. The van der Waals surface area contributed by atoms with Crippen LogP contribution in [-0.2, 0) is 6.54 Å². The predicted molar refractivity (Wildman–Crippen MR) is 74.2 cm³/mol. The van der Waals surface area contributed by atoms with Crippen LogP contribution in [0.25, 0.3) is 11.1 Å². The molecule has 2 aromatic carbocycles. The Balaban J connectivity index is 2.39. The topological polar surface area (TPSA) is 12.0 Å². The van der Waals surface area contributed by atoms with E-state index in [1.807, 2.05) is 6.92 Å². The number of nitrogens with one attached hydrogen (secondary N) is 1. The zero-order chi connectivity index (χ0) is 13.8. The van der Waals surface area contributed by atoms with Crippen molar-refractivity contribution in [3.05, 3.63) is 58.6 Å². The summed E-state index contributed by atoms with van der Waals surface area (Å²) in [6.07, 6.45) is 0. The first-order valence-corrected chi connectivity index (χ1v) is 6.44. The summed E-state index contributed by atoms with van der Waals surface area (Å²) in [6, 6.07) is 8.98. The van der Waals surface area contributed by atoms with Crippen LogP contribution >= 0.6 is 11.6 Å². The summed E-state index contributed by atoms with van der Waals surface area (Å²) >= 11 is 6.01. The van der Waals surface area contributed by atoms with Gasteiger partial charge in [-0.2, -0.15) is 0 Å². The molecule has 0 aliphatic heterocycles. The van der Waals surface area contributed by atoms with Gasteiger partial charge in [0, 0.05) is 17.7 Å². The van der Waals surface area contributed by atoms with Crippen molar-refractivity contribution in [2.24, 2.45) is 0 Å². The fourth-order valence-electron chi connectivity index (χ4n) is 1.86. The molecule has 2 aromatic rings. The molecule has 100 valence electrons. The van der Waals surface area contributed by atoms with Crippen molar-refractivity contribution in [3.8, 4) is 11.1 Å². The van der Waals surface area contributed by atoms with Crippen LogP contribution in [0.3, 0.4) is 0 Å². The second-order valence-corrected chi connectivity index (χ2v) is 4.62. The summed E-state index contributed by atoms with van der Waals surface area (Å²) in [7, 11) is 0. The average Bonchev–Trinajstić information content (AvgIpc) is 2.38. The third-order valence-corrected chi connectivity index (χ3v) is 3.17. The van der Waals surface area contributed by atoms with Crippen LogP contribution in [0, 0.1) is 11.6 Å². The van der Waals surface area contributed by atoms with Crippen molar-refractivity contribution in [1.82, 2.24) is 5.32 Å². The molecule has 0 aromatic heterocycles. The van der Waals surface area contributed by atoms with Gasteiger partial charge < -0.3 is 5.32 Å². The Kier molecular flexibility index (Phi) is 4.51. The zero-order valence-corrected chi connectivity index (χ0v) is 11.3. The van der Waals surface area contributed by atoms with Gasteiger partial charge in [0.2, 0.25) is 0 Å². The van der Waals surface area contributed by atoms with Crippen molar-refractivity contribution in [1.29, 1.82) is 0 Å². The van der Waals surface area contributed by atoms with E-state index in [9.17, 15) is 8.78 Å². The largest absolute Gasteiger partial charge is 0.313 e. The maximum absolute atomic E-state index is 13.6. The second kappa shape index (κ2) is 6.13. The van der Waals surface area contributed by atoms with Crippen LogP contribution in [0.15, 0.2) is 36.4 Å². The maximum Gasteiger partial charge on any atom is 0.127 e. The lowest BCUT2D eigenvalue weighted by atomic mass is 10.0. The number of benzene rings is 2. The van der Waals surface area contributed by atoms with E-state index in [1.54, 1.807) is 18.2 Å². The van der Waals surface area contributed by atoms with E-state index in [0.717, 1.165) is 12.1 Å². The molecule has 0 atom stereocenters. The first-order chi connectivity index (χ1) is 9.11. The van der Waals surface area contributed by atoms with Crippen molar-refractivity contribution in [2.75, 3.05) is 6.54 Å². The molecule has 0 fully saturated rings. The van der Waals surface area contributed by atoms with E-state index in [0.29, 0.717) is 22.7 Å². The van der Waals surface area contributed by atoms with Gasteiger partial charge in [0.05, 0.1) is 5.02 Å². The van der Waals surface area contributed by atoms with Crippen molar-refractivity contribution >= 4 is 11.6 Å². The second-order valence-electron chi connectivity index (χ2n) is 4.21. The summed E-state index contributed by atoms with van der Waals surface area (Å²) in [4.78, 5) is 0. The lowest BCUT2D eigenvalue weighted by Gasteiger charge is -2.09. The Hall–Kier alpha value is -1.45. The van der Waals surface area contributed by atoms with Gasteiger partial charge in [-0.15, -0.1) is 0 Å². The van der Waals surface area contributed by atoms with Crippen LogP contribution in [0.1, 0.15) is 12.5 Å². The van der Waals surface area contributed by atoms with Crippen LogP contribution in [0.5, 0.6) is 0 Å². The molecule has 19 heavy (non-hydrogen) atoms. The summed E-state index contributed by atoms with van der Waals surface area (Å²) < 4.78 is 26.7. The first-order valence-electron chi connectivity index (χ1n) is 6.06. The van der Waals surface area contributed by atoms with Crippen molar-refractivity contribution in [2.45, 2.75) is 13.5 Å². The SMILES string of the molecule is CCNCc1cc(-c2ccc(F)cc2Cl)ccc1F. The van der Waals surface area contributed by atoms with Crippen LogP contribution in [0.4, 0.5) is 8.78 Å². The number of hydrogen-bond donors (Lipinski definition) is 1. The maximum atomic E-state index is 13.6. The van der Waals surface area contributed by atoms with E-state index in [1.165, 1.54) is 18.2 Å². The molecule has 0 unspecified atom stereocenters. The Morgan fingerprint density at radius 1 is 1.11 bits per heavy atom. The molecular formula is C15H14ClF2N. The third-order valence-electron chi connectivity index (χ3n) is 2.85. The quantitative estimate of drug-likeness (QED) is 0.876. The Morgan fingerprint density at radius 2 is 1.89 bits per heavy atom. The molecule has 2 rings (SSSR count). The van der Waals surface area contributed by atoms with E-state index in [-0.39, 0.29) is 11.6 Å². The normalized spacial score (nSPS) is 10.7. The molecule has 4 heteroatoms. The number of rotatable bonds is 4. The van der Waals surface area contributed by atoms with E-state index in [2.05, 4.69) is 5.32 Å². The molecule has 0 aliphatic carbocycles. The molecule has 0 aliphatic rings. The van der Waals surface area contributed by atoms with Gasteiger partial charge in [0.25, 0.3) is 0 Å². The van der Waals surface area contributed by atoms with Crippen molar-refractivity contribution in [3.63, 3.8) is 0 Å².